The van der Waals surface area contributed by atoms with Crippen molar-refractivity contribution in [2.24, 2.45) is 5.92 Å². The molecule has 1 rings (SSSR count). The van der Waals surface area contributed by atoms with E-state index in [1.54, 1.807) is 0 Å². The maximum atomic E-state index is 6.00. The molecule has 0 fully saturated rings. The second kappa shape index (κ2) is 8.54. The molecule has 2 heteroatoms. The predicted molar refractivity (Wildman–Crippen MR) is 76.7 cm³/mol. The van der Waals surface area contributed by atoms with E-state index in [1.165, 1.54) is 18.4 Å². The van der Waals surface area contributed by atoms with Crippen LogP contribution in [0, 0.1) is 5.92 Å². The molecule has 0 aromatic heterocycles. The molecule has 0 aliphatic carbocycles. The molecule has 1 aromatic rings. The lowest BCUT2D eigenvalue weighted by atomic mass is 10.1. The molecule has 1 atom stereocenters. The molecule has 0 saturated heterocycles. The fourth-order valence-corrected chi connectivity index (χ4v) is 2.11. The average molecular weight is 254 g/mol. The molecule has 0 radical (unpaired) electrons. The van der Waals surface area contributed by atoms with E-state index in [4.69, 9.17) is 11.6 Å². The van der Waals surface area contributed by atoms with Crippen molar-refractivity contribution in [1.29, 1.82) is 0 Å². The Morgan fingerprint density at radius 2 is 1.88 bits per heavy atom. The minimum atomic E-state index is 0.395. The van der Waals surface area contributed by atoms with Crippen LogP contribution in [0.5, 0.6) is 0 Å². The van der Waals surface area contributed by atoms with Crippen LogP contribution in [0.4, 0.5) is 0 Å². The van der Waals surface area contributed by atoms with Crippen molar-refractivity contribution in [3.63, 3.8) is 0 Å². The molecule has 1 nitrogen and oxygen atoms in total. The number of rotatable bonds is 8. The Labute approximate surface area is 111 Å². The van der Waals surface area contributed by atoms with E-state index in [9.17, 15) is 0 Å². The van der Waals surface area contributed by atoms with Gasteiger partial charge in [0.25, 0.3) is 0 Å². The summed E-state index contributed by atoms with van der Waals surface area (Å²) in [5, 5.41) is 3.54. The Morgan fingerprint density at radius 1 is 1.18 bits per heavy atom. The first kappa shape index (κ1) is 14.5. The number of hydrogen-bond donors (Lipinski definition) is 1. The Balaban J connectivity index is 2.24. The van der Waals surface area contributed by atoms with Crippen molar-refractivity contribution < 1.29 is 0 Å². The summed E-state index contributed by atoms with van der Waals surface area (Å²) in [6.45, 7) is 5.61. The van der Waals surface area contributed by atoms with Gasteiger partial charge in [0.15, 0.2) is 0 Å². The third kappa shape index (κ3) is 6.70. The summed E-state index contributed by atoms with van der Waals surface area (Å²) in [5.74, 6) is 1.47. The second-order valence-corrected chi connectivity index (χ2v) is 5.34. The standard InChI is InChI=1S/C15H24ClN/c1-13(2)7-6-10-17-15(12-16)11-14-8-4-3-5-9-14/h3-5,8-9,13,15,17H,6-7,10-12H2,1-2H3. The summed E-state index contributed by atoms with van der Waals surface area (Å²) in [6.07, 6.45) is 3.54. The number of hydrogen-bond acceptors (Lipinski definition) is 1. The third-order valence-electron chi connectivity index (χ3n) is 2.90. The Morgan fingerprint density at radius 3 is 2.47 bits per heavy atom. The Hall–Kier alpha value is -0.530. The number of benzene rings is 1. The van der Waals surface area contributed by atoms with Gasteiger partial charge in [-0.15, -0.1) is 11.6 Å². The lowest BCUT2D eigenvalue weighted by Crippen LogP contribution is -2.33. The molecule has 0 saturated carbocycles. The second-order valence-electron chi connectivity index (χ2n) is 5.03. The summed E-state index contributed by atoms with van der Waals surface area (Å²) in [6, 6.07) is 10.9. The van der Waals surface area contributed by atoms with Crippen LogP contribution in [0.1, 0.15) is 32.3 Å². The summed E-state index contributed by atoms with van der Waals surface area (Å²) in [4.78, 5) is 0. The fraction of sp³-hybridized carbons (Fsp3) is 0.600. The molecular weight excluding hydrogens is 230 g/mol. The first-order chi connectivity index (χ1) is 8.22. The van der Waals surface area contributed by atoms with Crippen molar-refractivity contribution in [3.8, 4) is 0 Å². The van der Waals surface area contributed by atoms with Gasteiger partial charge in [0, 0.05) is 11.9 Å². The van der Waals surface area contributed by atoms with E-state index >= 15 is 0 Å². The molecule has 1 aromatic carbocycles. The van der Waals surface area contributed by atoms with Crippen molar-refractivity contribution in [3.05, 3.63) is 35.9 Å². The zero-order chi connectivity index (χ0) is 12.5. The maximum Gasteiger partial charge on any atom is 0.0380 e. The molecule has 0 amide bonds. The SMILES string of the molecule is CC(C)CCCNC(CCl)Cc1ccccc1. The quantitative estimate of drug-likeness (QED) is 0.548. The number of nitrogens with one attached hydrogen (secondary N) is 1. The van der Waals surface area contributed by atoms with Crippen molar-refractivity contribution in [1.82, 2.24) is 5.32 Å². The average Bonchev–Trinajstić information content (AvgIpc) is 2.34. The van der Waals surface area contributed by atoms with Crippen LogP contribution in [0.25, 0.3) is 0 Å². The highest BCUT2D eigenvalue weighted by Gasteiger charge is 2.07. The molecule has 0 heterocycles. The van der Waals surface area contributed by atoms with E-state index in [-0.39, 0.29) is 0 Å². The van der Waals surface area contributed by atoms with Crippen LogP contribution in [0.15, 0.2) is 30.3 Å². The predicted octanol–water partition coefficient (Wildman–Crippen LogP) is 3.86. The number of alkyl halides is 1. The van der Waals surface area contributed by atoms with Crippen LogP contribution in [-0.4, -0.2) is 18.5 Å². The zero-order valence-corrected chi connectivity index (χ0v) is 11.7. The van der Waals surface area contributed by atoms with Gasteiger partial charge in [-0.05, 0) is 37.3 Å². The highest BCUT2D eigenvalue weighted by molar-refractivity contribution is 6.18. The van der Waals surface area contributed by atoms with Crippen LogP contribution in [0.2, 0.25) is 0 Å². The molecule has 0 aliphatic heterocycles. The summed E-state index contributed by atoms with van der Waals surface area (Å²) >= 11 is 6.00. The zero-order valence-electron chi connectivity index (χ0n) is 11.0. The van der Waals surface area contributed by atoms with E-state index in [1.807, 2.05) is 0 Å². The monoisotopic (exact) mass is 253 g/mol. The van der Waals surface area contributed by atoms with Crippen molar-refractivity contribution in [2.75, 3.05) is 12.4 Å². The van der Waals surface area contributed by atoms with Gasteiger partial charge in [-0.3, -0.25) is 0 Å². The van der Waals surface area contributed by atoms with Crippen molar-refractivity contribution in [2.45, 2.75) is 39.2 Å². The minimum Gasteiger partial charge on any atom is -0.312 e. The van der Waals surface area contributed by atoms with Gasteiger partial charge >= 0.3 is 0 Å². The minimum absolute atomic E-state index is 0.395. The van der Waals surface area contributed by atoms with Gasteiger partial charge < -0.3 is 5.32 Å². The van der Waals surface area contributed by atoms with Gasteiger partial charge in [0.05, 0.1) is 0 Å². The van der Waals surface area contributed by atoms with E-state index < -0.39 is 0 Å². The fourth-order valence-electron chi connectivity index (χ4n) is 1.90. The van der Waals surface area contributed by atoms with Crippen LogP contribution < -0.4 is 5.32 Å². The molecule has 0 spiro atoms. The Bertz CT molecular complexity index is 284. The van der Waals surface area contributed by atoms with Crippen LogP contribution in [-0.2, 0) is 6.42 Å². The first-order valence-corrected chi connectivity index (χ1v) is 7.09. The highest BCUT2D eigenvalue weighted by atomic mass is 35.5. The van der Waals surface area contributed by atoms with Gasteiger partial charge in [-0.2, -0.15) is 0 Å². The molecule has 96 valence electrons. The van der Waals surface area contributed by atoms with Crippen molar-refractivity contribution >= 4 is 11.6 Å². The largest absolute Gasteiger partial charge is 0.312 e. The molecule has 1 N–H and O–H groups in total. The lowest BCUT2D eigenvalue weighted by molar-refractivity contribution is 0.489. The molecule has 17 heavy (non-hydrogen) atoms. The molecule has 0 bridgehead atoms. The van der Waals surface area contributed by atoms with E-state index in [0.29, 0.717) is 11.9 Å². The maximum absolute atomic E-state index is 6.00. The third-order valence-corrected chi connectivity index (χ3v) is 3.27. The summed E-state index contributed by atoms with van der Waals surface area (Å²) in [7, 11) is 0. The van der Waals surface area contributed by atoms with Gasteiger partial charge in [0.1, 0.15) is 0 Å². The summed E-state index contributed by atoms with van der Waals surface area (Å²) < 4.78 is 0. The van der Waals surface area contributed by atoms with E-state index in [2.05, 4.69) is 49.5 Å². The van der Waals surface area contributed by atoms with E-state index in [0.717, 1.165) is 18.9 Å². The van der Waals surface area contributed by atoms with Gasteiger partial charge in [0.2, 0.25) is 0 Å². The number of halogens is 1. The van der Waals surface area contributed by atoms with Crippen LogP contribution >= 0.6 is 11.6 Å². The smallest absolute Gasteiger partial charge is 0.0380 e. The Kier molecular flexibility index (Phi) is 7.30. The highest BCUT2D eigenvalue weighted by Crippen LogP contribution is 2.06. The van der Waals surface area contributed by atoms with Gasteiger partial charge in [-0.25, -0.2) is 0 Å². The molecule has 1 unspecified atom stereocenters. The normalized spacial score (nSPS) is 12.9. The summed E-state index contributed by atoms with van der Waals surface area (Å²) in [5.41, 5.74) is 1.36. The van der Waals surface area contributed by atoms with Gasteiger partial charge in [-0.1, -0.05) is 44.2 Å². The molecular formula is C15H24ClN. The first-order valence-electron chi connectivity index (χ1n) is 6.55. The molecule has 0 aliphatic rings. The lowest BCUT2D eigenvalue weighted by Gasteiger charge is -2.16. The topological polar surface area (TPSA) is 12.0 Å². The van der Waals surface area contributed by atoms with Crippen LogP contribution in [0.3, 0.4) is 0 Å².